The number of aromatic nitrogens is 6. The molecule has 8 aromatic rings. The fourth-order valence-corrected chi connectivity index (χ4v) is 8.31. The van der Waals surface area contributed by atoms with Gasteiger partial charge in [-0.15, -0.1) is 15.0 Å². The van der Waals surface area contributed by atoms with Crippen molar-refractivity contribution in [2.24, 2.45) is 0 Å². The number of hydrogen-bond donors (Lipinski definition) is 1. The van der Waals surface area contributed by atoms with Gasteiger partial charge in [0.15, 0.2) is 10.7 Å². The van der Waals surface area contributed by atoms with Crippen LogP contribution in [0.15, 0.2) is 142 Å². The summed E-state index contributed by atoms with van der Waals surface area (Å²) in [6, 6.07) is 44.8. The van der Waals surface area contributed by atoms with Gasteiger partial charge in [0.2, 0.25) is 5.82 Å². The summed E-state index contributed by atoms with van der Waals surface area (Å²) in [6.07, 6.45) is 2.65. The van der Waals surface area contributed by atoms with Gasteiger partial charge in [0, 0.05) is 36.0 Å². The maximum absolute atomic E-state index is 13.1. The van der Waals surface area contributed by atoms with Crippen molar-refractivity contribution < 1.29 is 9.21 Å². The Morgan fingerprint density at radius 3 is 2.04 bits per heavy atom. The van der Waals surface area contributed by atoms with E-state index in [0.717, 1.165) is 68.3 Å². The summed E-state index contributed by atoms with van der Waals surface area (Å²) in [5.74, 6) is 1.64. The summed E-state index contributed by atoms with van der Waals surface area (Å²) in [4.78, 5) is 19.4. The van der Waals surface area contributed by atoms with Crippen LogP contribution in [0.1, 0.15) is 65.3 Å². The number of hydrogen-bond acceptors (Lipinski definition) is 6. The van der Waals surface area contributed by atoms with E-state index < -0.39 is 5.54 Å². The van der Waals surface area contributed by atoms with Crippen LogP contribution in [0.2, 0.25) is 5.15 Å². The highest BCUT2D eigenvalue weighted by atomic mass is 79.9. The molecular weight excluding hydrogens is 786 g/mol. The van der Waals surface area contributed by atoms with Crippen LogP contribution in [-0.4, -0.2) is 42.2 Å². The van der Waals surface area contributed by atoms with Gasteiger partial charge in [0.25, 0.3) is 5.91 Å². The van der Waals surface area contributed by atoms with E-state index in [1.54, 1.807) is 4.80 Å². The number of amides is 1. The number of carbonyl (C=O) groups is 1. The number of imidazole rings is 1. The van der Waals surface area contributed by atoms with Crippen molar-refractivity contribution in [2.45, 2.75) is 45.2 Å². The summed E-state index contributed by atoms with van der Waals surface area (Å²) < 4.78 is 9.30. The van der Waals surface area contributed by atoms with E-state index in [1.165, 1.54) is 0 Å². The smallest absolute Gasteiger partial charge is 0.271 e. The van der Waals surface area contributed by atoms with E-state index >= 15 is 0 Å². The van der Waals surface area contributed by atoms with E-state index in [1.807, 2.05) is 102 Å². The fourth-order valence-electron chi connectivity index (χ4n) is 7.42. The second-order valence-electron chi connectivity index (χ2n) is 13.5. The van der Waals surface area contributed by atoms with Crippen LogP contribution in [0, 0.1) is 0 Å². The molecule has 1 N–H and O–H groups in total. The molecule has 0 atom stereocenters. The normalized spacial score (nSPS) is 11.6. The van der Waals surface area contributed by atoms with Crippen LogP contribution >= 0.6 is 27.5 Å². The topological polar surface area (TPSA) is 104 Å². The maximum Gasteiger partial charge on any atom is 0.271 e. The number of benzene rings is 5. The Morgan fingerprint density at radius 2 is 1.43 bits per heavy atom. The number of tetrazole rings is 1. The number of halogens is 2. The predicted molar refractivity (Wildman–Crippen MR) is 224 cm³/mol. The monoisotopic (exact) mass is 823 g/mol. The van der Waals surface area contributed by atoms with Crippen molar-refractivity contribution in [1.82, 2.24) is 35.1 Å². The molecule has 0 saturated carbocycles. The lowest BCUT2D eigenvalue weighted by Gasteiger charge is -2.34. The molecule has 3 heterocycles. The zero-order valence-corrected chi connectivity index (χ0v) is 33.3. The molecule has 8 rings (SSSR count). The van der Waals surface area contributed by atoms with Gasteiger partial charge in [-0.25, -0.2) is 4.98 Å². The second-order valence-corrected chi connectivity index (χ2v) is 14.7. The summed E-state index contributed by atoms with van der Waals surface area (Å²) >= 11 is 10.5. The molecule has 0 aliphatic carbocycles. The zero-order chi connectivity index (χ0) is 38.6. The van der Waals surface area contributed by atoms with Crippen molar-refractivity contribution >= 4 is 44.4 Å². The molecule has 0 aliphatic rings. The van der Waals surface area contributed by atoms with E-state index in [-0.39, 0.29) is 11.1 Å². The highest BCUT2D eigenvalue weighted by Gasteiger charge is 2.41. The second kappa shape index (κ2) is 16.1. The first-order valence-corrected chi connectivity index (χ1v) is 19.9. The van der Waals surface area contributed by atoms with E-state index in [2.05, 4.69) is 75.6 Å². The third-order valence-corrected chi connectivity index (χ3v) is 11.1. The minimum atomic E-state index is -0.909. The Labute approximate surface area is 338 Å². The van der Waals surface area contributed by atoms with Crippen molar-refractivity contribution in [1.29, 1.82) is 0 Å². The molecule has 0 spiro atoms. The fraction of sp³-hybridized carbons (Fsp3) is 0.178. The summed E-state index contributed by atoms with van der Waals surface area (Å²) in [5.41, 5.74) is 5.71. The largest absolute Gasteiger partial charge is 0.455 e. The van der Waals surface area contributed by atoms with Crippen LogP contribution in [0.3, 0.4) is 0 Å². The molecule has 11 heteroatoms. The molecule has 3 aromatic heterocycles. The zero-order valence-electron chi connectivity index (χ0n) is 31.0. The molecule has 0 fully saturated rings. The van der Waals surface area contributed by atoms with Gasteiger partial charge in [-0.05, 0) is 68.9 Å². The van der Waals surface area contributed by atoms with Crippen molar-refractivity contribution in [3.05, 3.63) is 177 Å². The lowest BCUT2D eigenvalue weighted by molar-refractivity contribution is 0.0946. The van der Waals surface area contributed by atoms with Crippen LogP contribution in [0.25, 0.3) is 33.7 Å². The predicted octanol–water partition coefficient (Wildman–Crippen LogP) is 10.3. The highest BCUT2D eigenvalue weighted by Crippen LogP contribution is 2.43. The Kier molecular flexibility index (Phi) is 10.7. The molecule has 56 heavy (non-hydrogen) atoms. The Bertz CT molecular complexity index is 2520. The first-order valence-electron chi connectivity index (χ1n) is 18.7. The third kappa shape index (κ3) is 6.73. The van der Waals surface area contributed by atoms with Gasteiger partial charge in [0.1, 0.15) is 22.9 Å². The van der Waals surface area contributed by atoms with Gasteiger partial charge in [-0.3, -0.25) is 4.79 Å². The van der Waals surface area contributed by atoms with Crippen LogP contribution in [0.4, 0.5) is 0 Å². The number of carbonyl (C=O) groups excluding carboxylic acids is 1. The van der Waals surface area contributed by atoms with E-state index in [0.29, 0.717) is 36.0 Å². The molecule has 5 aromatic carbocycles. The molecular formula is C45H39BrClN7O2. The van der Waals surface area contributed by atoms with Crippen molar-refractivity contribution in [3.8, 4) is 22.7 Å². The standard InChI is InChI=1S/C45H39BrClN7O2/c1-3-5-25-38-49-42(47)40(44(55)48-4-2)53(38)29-30-26-27-37-36(28-30)39(46)41(56-37)34-23-15-16-24-35(34)43-50-52-54(51-43)45(31-17-9-6-10-18-31,32-19-11-7-12-20-32)33-21-13-8-14-22-33/h6-24,26-28H,3-5,25,29H2,1-2H3,(H,48,55). The van der Waals surface area contributed by atoms with Crippen LogP contribution in [-0.2, 0) is 18.5 Å². The Morgan fingerprint density at radius 1 is 0.821 bits per heavy atom. The lowest BCUT2D eigenvalue weighted by atomic mass is 9.77. The SMILES string of the molecule is CCCCc1nc(Cl)c(C(=O)NCC)n1Cc1ccc2oc(-c3ccccc3-c3nnn(C(c4ccccc4)(c4ccccc4)c4ccccc4)n3)c(Br)c2c1. The first kappa shape index (κ1) is 37.1. The third-order valence-electron chi connectivity index (χ3n) is 10.0. The average molecular weight is 825 g/mol. The number of rotatable bonds is 13. The molecule has 9 nitrogen and oxygen atoms in total. The minimum Gasteiger partial charge on any atom is -0.455 e. The van der Waals surface area contributed by atoms with Gasteiger partial charge in [0.05, 0.1) is 4.47 Å². The number of nitrogens with one attached hydrogen (secondary N) is 1. The van der Waals surface area contributed by atoms with Crippen LogP contribution < -0.4 is 5.32 Å². The summed E-state index contributed by atoms with van der Waals surface area (Å²) in [6.45, 7) is 4.92. The molecule has 0 bridgehead atoms. The molecule has 0 unspecified atom stereocenters. The minimum absolute atomic E-state index is 0.214. The number of furan rings is 1. The molecule has 0 aliphatic heterocycles. The molecule has 0 radical (unpaired) electrons. The van der Waals surface area contributed by atoms with Crippen molar-refractivity contribution in [2.75, 3.05) is 6.54 Å². The Balaban J connectivity index is 1.21. The maximum atomic E-state index is 13.1. The molecule has 280 valence electrons. The van der Waals surface area contributed by atoms with Crippen molar-refractivity contribution in [3.63, 3.8) is 0 Å². The summed E-state index contributed by atoms with van der Waals surface area (Å²) in [7, 11) is 0. The number of nitrogens with zero attached hydrogens (tertiary/aromatic N) is 6. The van der Waals surface area contributed by atoms with Gasteiger partial charge < -0.3 is 14.3 Å². The highest BCUT2D eigenvalue weighted by molar-refractivity contribution is 9.10. The molecule has 1 amide bonds. The average Bonchev–Trinajstić information content (AvgIpc) is 3.94. The van der Waals surface area contributed by atoms with E-state index in [4.69, 9.17) is 31.4 Å². The van der Waals surface area contributed by atoms with Gasteiger partial charge in [-0.2, -0.15) is 0 Å². The number of fused-ring (bicyclic) bond motifs is 1. The summed E-state index contributed by atoms with van der Waals surface area (Å²) in [5, 5.41) is 18.6. The van der Waals surface area contributed by atoms with E-state index in [9.17, 15) is 4.79 Å². The van der Waals surface area contributed by atoms with Gasteiger partial charge in [-0.1, -0.05) is 146 Å². The first-order chi connectivity index (χ1) is 27.4. The number of unbranched alkanes of at least 4 members (excludes halogenated alkanes) is 1. The number of aryl methyl sites for hydroxylation is 1. The molecule has 0 saturated heterocycles. The van der Waals surface area contributed by atoms with Crippen LogP contribution in [0.5, 0.6) is 0 Å². The Hall–Kier alpha value is -5.84. The quantitative estimate of drug-likeness (QED) is 0.116. The van der Waals surface area contributed by atoms with Gasteiger partial charge >= 0.3 is 0 Å². The lowest BCUT2D eigenvalue weighted by Crippen LogP contribution is -2.39.